The number of carbonyl (C=O) groups is 2. The third-order valence-corrected chi connectivity index (χ3v) is 2.28. The van der Waals surface area contributed by atoms with E-state index in [0.717, 1.165) is 5.56 Å². The summed E-state index contributed by atoms with van der Waals surface area (Å²) in [5.41, 5.74) is 1.35. The van der Waals surface area contributed by atoms with Crippen molar-refractivity contribution in [1.82, 2.24) is 0 Å². The molecule has 0 fully saturated rings. The smallest absolute Gasteiger partial charge is 0.331 e. The maximum absolute atomic E-state index is 12.0. The Hall–Kier alpha value is -2.01. The molecule has 0 aliphatic carbocycles. The fourth-order valence-electron chi connectivity index (χ4n) is 1.31. The van der Waals surface area contributed by atoms with Gasteiger partial charge in [-0.2, -0.15) is 0 Å². The molecule has 0 amide bonds. The maximum Gasteiger partial charge on any atom is 0.331 e. The van der Waals surface area contributed by atoms with Crippen LogP contribution in [-0.4, -0.2) is 22.6 Å². The molecule has 0 saturated heterocycles. The van der Waals surface area contributed by atoms with Crippen LogP contribution in [0.25, 0.3) is 0 Å². The van der Waals surface area contributed by atoms with Crippen molar-refractivity contribution in [2.75, 3.05) is 0 Å². The number of rotatable bonds is 5. The van der Waals surface area contributed by atoms with E-state index in [1.165, 1.54) is 6.92 Å². The normalized spacial score (nSPS) is 11.2. The van der Waals surface area contributed by atoms with Gasteiger partial charge in [0.1, 0.15) is 5.71 Å². The molecule has 96 valence electrons. The summed E-state index contributed by atoms with van der Waals surface area (Å²) in [6.45, 7) is 2.90. The van der Waals surface area contributed by atoms with E-state index in [4.69, 9.17) is 5.11 Å². The highest BCUT2D eigenvalue weighted by molar-refractivity contribution is 6.45. The Morgan fingerprint density at radius 1 is 1.28 bits per heavy atom. The van der Waals surface area contributed by atoms with Crippen LogP contribution in [0.4, 0.5) is 0 Å². The van der Waals surface area contributed by atoms with Crippen LogP contribution in [0.15, 0.2) is 29.4 Å². The van der Waals surface area contributed by atoms with Gasteiger partial charge in [0.15, 0.2) is 0 Å². The highest BCUT2D eigenvalue weighted by Gasteiger charge is 2.13. The van der Waals surface area contributed by atoms with Crippen molar-refractivity contribution >= 4 is 17.5 Å². The monoisotopic (exact) mass is 249 g/mol. The lowest BCUT2D eigenvalue weighted by Gasteiger charge is -2.03. The second-order valence-corrected chi connectivity index (χ2v) is 3.66. The SMILES string of the molecule is CC/C(=N\OC(C)=O)C(=O)c1ccc(CO)cc1. The Bertz CT molecular complexity index is 462. The molecule has 1 rings (SSSR count). The van der Waals surface area contributed by atoms with Gasteiger partial charge in [-0.1, -0.05) is 36.3 Å². The number of hydrogen-bond donors (Lipinski definition) is 1. The molecular formula is C13H15NO4. The molecule has 0 unspecified atom stereocenters. The largest absolute Gasteiger partial charge is 0.392 e. The minimum Gasteiger partial charge on any atom is -0.392 e. The Kier molecular flexibility index (Phi) is 5.20. The minimum absolute atomic E-state index is 0.0728. The lowest BCUT2D eigenvalue weighted by atomic mass is 10.0. The van der Waals surface area contributed by atoms with Crippen molar-refractivity contribution in [3.8, 4) is 0 Å². The van der Waals surface area contributed by atoms with Gasteiger partial charge in [-0.15, -0.1) is 0 Å². The van der Waals surface area contributed by atoms with Gasteiger partial charge < -0.3 is 9.94 Å². The highest BCUT2D eigenvalue weighted by Crippen LogP contribution is 2.07. The topological polar surface area (TPSA) is 76.0 Å². The molecule has 0 radical (unpaired) electrons. The third kappa shape index (κ3) is 3.78. The number of ketones is 1. The fourth-order valence-corrected chi connectivity index (χ4v) is 1.31. The molecule has 5 nitrogen and oxygen atoms in total. The maximum atomic E-state index is 12.0. The van der Waals surface area contributed by atoms with Gasteiger partial charge in [0.05, 0.1) is 6.61 Å². The van der Waals surface area contributed by atoms with E-state index in [1.54, 1.807) is 31.2 Å². The van der Waals surface area contributed by atoms with E-state index in [2.05, 4.69) is 9.99 Å². The number of nitrogens with zero attached hydrogens (tertiary/aromatic N) is 1. The molecule has 18 heavy (non-hydrogen) atoms. The number of aliphatic hydroxyl groups is 1. The van der Waals surface area contributed by atoms with E-state index in [1.807, 2.05) is 0 Å². The molecule has 0 heterocycles. The first-order valence-electron chi connectivity index (χ1n) is 5.57. The quantitative estimate of drug-likeness (QED) is 0.373. The number of carbonyl (C=O) groups excluding carboxylic acids is 2. The molecule has 0 aromatic heterocycles. The number of aliphatic hydroxyl groups excluding tert-OH is 1. The average Bonchev–Trinajstić information content (AvgIpc) is 2.39. The van der Waals surface area contributed by atoms with Crippen LogP contribution >= 0.6 is 0 Å². The summed E-state index contributed by atoms with van der Waals surface area (Å²) in [6.07, 6.45) is 0.369. The van der Waals surface area contributed by atoms with Crippen molar-refractivity contribution in [1.29, 1.82) is 0 Å². The molecule has 0 atom stereocenters. The van der Waals surface area contributed by atoms with Crippen molar-refractivity contribution in [2.45, 2.75) is 26.9 Å². The molecule has 0 bridgehead atoms. The van der Waals surface area contributed by atoms with Crippen LogP contribution < -0.4 is 0 Å². The lowest BCUT2D eigenvalue weighted by molar-refractivity contribution is -0.140. The van der Waals surface area contributed by atoms with Gasteiger partial charge in [-0.25, -0.2) is 4.79 Å². The van der Waals surface area contributed by atoms with Crippen molar-refractivity contribution in [3.63, 3.8) is 0 Å². The molecule has 5 heteroatoms. The van der Waals surface area contributed by atoms with Crippen LogP contribution in [0.3, 0.4) is 0 Å². The zero-order valence-electron chi connectivity index (χ0n) is 10.3. The molecule has 1 aromatic rings. The van der Waals surface area contributed by atoms with E-state index in [0.29, 0.717) is 12.0 Å². The Morgan fingerprint density at radius 2 is 1.89 bits per heavy atom. The second-order valence-electron chi connectivity index (χ2n) is 3.66. The van der Waals surface area contributed by atoms with Crippen molar-refractivity contribution in [3.05, 3.63) is 35.4 Å². The summed E-state index contributed by atoms with van der Waals surface area (Å²) in [5.74, 6) is -0.854. The van der Waals surface area contributed by atoms with Gasteiger partial charge in [0.2, 0.25) is 5.78 Å². The first-order chi connectivity index (χ1) is 8.58. The fraction of sp³-hybridized carbons (Fsp3) is 0.308. The summed E-state index contributed by atoms with van der Waals surface area (Å²) in [7, 11) is 0. The molecule has 0 spiro atoms. The second kappa shape index (κ2) is 6.66. The van der Waals surface area contributed by atoms with Crippen LogP contribution in [0.1, 0.15) is 36.2 Å². The molecule has 1 N–H and O–H groups in total. The highest BCUT2D eigenvalue weighted by atomic mass is 16.7. The van der Waals surface area contributed by atoms with Gasteiger partial charge in [-0.05, 0) is 12.0 Å². The number of benzene rings is 1. The lowest BCUT2D eigenvalue weighted by Crippen LogP contribution is -2.14. The Balaban J connectivity index is 2.89. The molecule has 0 saturated carbocycles. The molecular weight excluding hydrogens is 234 g/mol. The predicted molar refractivity (Wildman–Crippen MR) is 66.2 cm³/mol. The van der Waals surface area contributed by atoms with Gasteiger partial charge in [0.25, 0.3) is 0 Å². The predicted octanol–water partition coefficient (Wildman–Crippen LogP) is 1.69. The Labute approximate surface area is 105 Å². The standard InChI is InChI=1S/C13H15NO4/c1-3-12(14-18-9(2)16)13(17)11-6-4-10(8-15)5-7-11/h4-7,15H,3,8H2,1-2H3/b14-12+. The average molecular weight is 249 g/mol. The van der Waals surface area contributed by atoms with Crippen LogP contribution in [0, 0.1) is 0 Å². The van der Waals surface area contributed by atoms with Crippen molar-refractivity contribution in [2.24, 2.45) is 5.16 Å². The number of hydrogen-bond acceptors (Lipinski definition) is 5. The van der Waals surface area contributed by atoms with E-state index < -0.39 is 5.97 Å². The summed E-state index contributed by atoms with van der Waals surface area (Å²) >= 11 is 0. The van der Waals surface area contributed by atoms with Crippen LogP contribution in [0.2, 0.25) is 0 Å². The van der Waals surface area contributed by atoms with E-state index >= 15 is 0 Å². The van der Waals surface area contributed by atoms with Gasteiger partial charge >= 0.3 is 5.97 Å². The Morgan fingerprint density at radius 3 is 2.33 bits per heavy atom. The van der Waals surface area contributed by atoms with Crippen LogP contribution in [-0.2, 0) is 16.2 Å². The molecule has 0 aliphatic heterocycles. The zero-order chi connectivity index (χ0) is 13.5. The molecule has 0 aliphatic rings. The molecule has 1 aromatic carbocycles. The summed E-state index contributed by atoms with van der Waals surface area (Å²) < 4.78 is 0. The minimum atomic E-state index is -0.565. The number of Topliss-reactive ketones (excluding diaryl/α,β-unsaturated/α-hetero) is 1. The van der Waals surface area contributed by atoms with Gasteiger partial charge in [-0.3, -0.25) is 4.79 Å². The number of oxime groups is 1. The van der Waals surface area contributed by atoms with E-state index in [9.17, 15) is 9.59 Å². The van der Waals surface area contributed by atoms with Crippen molar-refractivity contribution < 1.29 is 19.5 Å². The van der Waals surface area contributed by atoms with Crippen LogP contribution in [0.5, 0.6) is 0 Å². The summed E-state index contributed by atoms with van der Waals surface area (Å²) in [6, 6.07) is 6.53. The van der Waals surface area contributed by atoms with E-state index in [-0.39, 0.29) is 18.1 Å². The van der Waals surface area contributed by atoms with Gasteiger partial charge in [0, 0.05) is 12.5 Å². The third-order valence-electron chi connectivity index (χ3n) is 2.28. The summed E-state index contributed by atoms with van der Waals surface area (Å²) in [4.78, 5) is 27.1. The zero-order valence-corrected chi connectivity index (χ0v) is 10.3. The first kappa shape index (κ1) is 14.1. The summed E-state index contributed by atoms with van der Waals surface area (Å²) in [5, 5.41) is 12.4. The first-order valence-corrected chi connectivity index (χ1v) is 5.57.